The molecule has 0 spiro atoms. The van der Waals surface area contributed by atoms with Gasteiger partial charge in [-0.3, -0.25) is 9.78 Å². The maximum atomic E-state index is 13.0. The number of anilines is 1. The van der Waals surface area contributed by atoms with Gasteiger partial charge >= 0.3 is 0 Å². The van der Waals surface area contributed by atoms with Crippen molar-refractivity contribution in [2.45, 2.75) is 37.7 Å². The first-order valence-electron chi connectivity index (χ1n) is 9.18. The van der Waals surface area contributed by atoms with Crippen molar-refractivity contribution in [3.8, 4) is 0 Å². The van der Waals surface area contributed by atoms with E-state index in [1.165, 1.54) is 5.56 Å². The molecule has 1 aromatic carbocycles. The Bertz CT molecular complexity index is 698. The van der Waals surface area contributed by atoms with Crippen molar-refractivity contribution in [2.75, 3.05) is 18.1 Å². The smallest absolute Gasteiger partial charge is 0.227 e. The summed E-state index contributed by atoms with van der Waals surface area (Å²) >= 11 is 0. The van der Waals surface area contributed by atoms with Gasteiger partial charge < -0.3 is 9.64 Å². The maximum Gasteiger partial charge on any atom is 0.227 e. The largest absolute Gasteiger partial charge is 0.376 e. The van der Waals surface area contributed by atoms with Crippen molar-refractivity contribution in [2.24, 2.45) is 5.92 Å². The summed E-state index contributed by atoms with van der Waals surface area (Å²) in [6.07, 6.45) is 7.48. The van der Waals surface area contributed by atoms with Gasteiger partial charge in [-0.1, -0.05) is 30.3 Å². The van der Waals surface area contributed by atoms with Crippen molar-refractivity contribution in [3.05, 3.63) is 60.4 Å². The van der Waals surface area contributed by atoms with Gasteiger partial charge in [0, 0.05) is 31.1 Å². The van der Waals surface area contributed by atoms with Gasteiger partial charge in [0.1, 0.15) is 0 Å². The van der Waals surface area contributed by atoms with Gasteiger partial charge in [-0.25, -0.2) is 0 Å². The number of amides is 1. The van der Waals surface area contributed by atoms with Gasteiger partial charge in [0.05, 0.1) is 12.6 Å². The van der Waals surface area contributed by atoms with E-state index in [9.17, 15) is 4.79 Å². The highest BCUT2D eigenvalue weighted by atomic mass is 16.5. The average molecular weight is 336 g/mol. The summed E-state index contributed by atoms with van der Waals surface area (Å²) in [7, 11) is 0. The number of hydrogen-bond donors (Lipinski definition) is 0. The van der Waals surface area contributed by atoms with Crippen LogP contribution in [0.5, 0.6) is 0 Å². The lowest BCUT2D eigenvalue weighted by Gasteiger charge is -2.25. The molecule has 1 saturated carbocycles. The van der Waals surface area contributed by atoms with Crippen LogP contribution in [0.25, 0.3) is 0 Å². The Hall–Kier alpha value is -2.20. The zero-order chi connectivity index (χ0) is 17.1. The standard InChI is InChI=1S/C21H24N2O2/c24-21(14-17-13-20(17)16-5-2-1-3-6-16)23(15-19-7-4-12-25-19)18-8-10-22-11-9-18/h1-3,5-6,8-11,17,19-20H,4,7,12-15H2/t17-,19?,20-/m0/s1. The van der Waals surface area contributed by atoms with Crippen molar-refractivity contribution >= 4 is 11.6 Å². The third-order valence-corrected chi connectivity index (χ3v) is 5.27. The Morgan fingerprint density at radius 2 is 1.96 bits per heavy atom. The molecule has 1 unspecified atom stereocenters. The second-order valence-electron chi connectivity index (χ2n) is 7.06. The molecule has 4 heteroatoms. The van der Waals surface area contributed by atoms with Crippen molar-refractivity contribution in [1.82, 2.24) is 4.98 Å². The Morgan fingerprint density at radius 1 is 1.16 bits per heavy atom. The molecule has 0 N–H and O–H groups in total. The van der Waals surface area contributed by atoms with Crippen LogP contribution in [0.1, 0.15) is 37.2 Å². The van der Waals surface area contributed by atoms with E-state index in [0.29, 0.717) is 24.8 Å². The molecule has 1 saturated heterocycles. The molecule has 1 aliphatic carbocycles. The normalized spacial score (nSPS) is 24.9. The lowest BCUT2D eigenvalue weighted by Crippen LogP contribution is -2.37. The third-order valence-electron chi connectivity index (χ3n) is 5.27. The number of hydrogen-bond acceptors (Lipinski definition) is 3. The SMILES string of the molecule is O=C(C[C@@H]1C[C@H]1c1ccccc1)N(CC1CCCO1)c1ccncc1. The Balaban J connectivity index is 1.43. The predicted molar refractivity (Wildman–Crippen MR) is 97.5 cm³/mol. The molecular weight excluding hydrogens is 312 g/mol. The second-order valence-corrected chi connectivity index (χ2v) is 7.06. The van der Waals surface area contributed by atoms with Gasteiger partial charge in [-0.15, -0.1) is 0 Å². The average Bonchev–Trinajstić information content (AvgIpc) is 3.23. The summed E-state index contributed by atoms with van der Waals surface area (Å²) < 4.78 is 5.76. The van der Waals surface area contributed by atoms with Crippen LogP contribution in [0, 0.1) is 5.92 Å². The maximum absolute atomic E-state index is 13.0. The van der Waals surface area contributed by atoms with E-state index in [4.69, 9.17) is 4.74 Å². The van der Waals surface area contributed by atoms with Gasteiger partial charge in [-0.2, -0.15) is 0 Å². The quantitative estimate of drug-likeness (QED) is 0.806. The van der Waals surface area contributed by atoms with Crippen LogP contribution < -0.4 is 4.90 Å². The first-order valence-corrected chi connectivity index (χ1v) is 9.18. The van der Waals surface area contributed by atoms with Crippen LogP contribution >= 0.6 is 0 Å². The highest BCUT2D eigenvalue weighted by molar-refractivity contribution is 5.93. The Morgan fingerprint density at radius 3 is 2.68 bits per heavy atom. The number of carbonyl (C=O) groups excluding carboxylic acids is 1. The number of aromatic nitrogens is 1. The minimum Gasteiger partial charge on any atom is -0.376 e. The van der Waals surface area contributed by atoms with E-state index in [0.717, 1.165) is 31.6 Å². The first-order chi connectivity index (χ1) is 12.3. The van der Waals surface area contributed by atoms with E-state index in [-0.39, 0.29) is 12.0 Å². The molecule has 3 atom stereocenters. The summed E-state index contributed by atoms with van der Waals surface area (Å²) in [5.74, 6) is 1.20. The molecule has 25 heavy (non-hydrogen) atoms. The van der Waals surface area contributed by atoms with Crippen LogP contribution in [0.3, 0.4) is 0 Å². The van der Waals surface area contributed by atoms with E-state index in [1.54, 1.807) is 12.4 Å². The molecule has 0 bridgehead atoms. The number of ether oxygens (including phenoxy) is 1. The van der Waals surface area contributed by atoms with Gasteiger partial charge in [0.25, 0.3) is 0 Å². The van der Waals surface area contributed by atoms with Crippen LogP contribution in [0.4, 0.5) is 5.69 Å². The molecule has 2 fully saturated rings. The van der Waals surface area contributed by atoms with Crippen molar-refractivity contribution in [1.29, 1.82) is 0 Å². The third kappa shape index (κ3) is 3.90. The van der Waals surface area contributed by atoms with Crippen molar-refractivity contribution in [3.63, 3.8) is 0 Å². The summed E-state index contributed by atoms with van der Waals surface area (Å²) in [4.78, 5) is 19.0. The summed E-state index contributed by atoms with van der Waals surface area (Å²) in [6, 6.07) is 14.4. The molecule has 130 valence electrons. The zero-order valence-electron chi connectivity index (χ0n) is 14.4. The van der Waals surface area contributed by atoms with Crippen LogP contribution in [0.15, 0.2) is 54.9 Å². The van der Waals surface area contributed by atoms with Crippen molar-refractivity contribution < 1.29 is 9.53 Å². The molecule has 1 aliphatic heterocycles. The van der Waals surface area contributed by atoms with E-state index in [2.05, 4.69) is 29.2 Å². The molecule has 2 heterocycles. The number of rotatable bonds is 6. The molecule has 2 aliphatic rings. The van der Waals surface area contributed by atoms with Gasteiger partial charge in [0.15, 0.2) is 0 Å². The fraction of sp³-hybridized carbons (Fsp3) is 0.429. The molecule has 4 nitrogen and oxygen atoms in total. The molecular formula is C21H24N2O2. The van der Waals surface area contributed by atoms with Gasteiger partial charge in [0.2, 0.25) is 5.91 Å². The molecule has 4 rings (SSSR count). The minimum atomic E-state index is 0.154. The lowest BCUT2D eigenvalue weighted by atomic mass is 10.1. The monoisotopic (exact) mass is 336 g/mol. The zero-order valence-corrected chi connectivity index (χ0v) is 14.4. The Kier molecular flexibility index (Phi) is 4.79. The molecule has 1 amide bonds. The van der Waals surface area contributed by atoms with E-state index >= 15 is 0 Å². The predicted octanol–water partition coefficient (Wildman–Crippen LogP) is 3.79. The number of carbonyl (C=O) groups is 1. The van der Waals surface area contributed by atoms with E-state index in [1.807, 2.05) is 23.1 Å². The number of benzene rings is 1. The van der Waals surface area contributed by atoms with E-state index < -0.39 is 0 Å². The summed E-state index contributed by atoms with van der Waals surface area (Å²) in [6.45, 7) is 1.45. The summed E-state index contributed by atoms with van der Waals surface area (Å²) in [5.41, 5.74) is 2.28. The van der Waals surface area contributed by atoms with Crippen LogP contribution in [-0.4, -0.2) is 30.1 Å². The van der Waals surface area contributed by atoms with Crippen LogP contribution in [-0.2, 0) is 9.53 Å². The molecule has 2 aromatic rings. The lowest BCUT2D eigenvalue weighted by molar-refractivity contribution is -0.119. The molecule has 0 radical (unpaired) electrons. The first kappa shape index (κ1) is 16.3. The minimum absolute atomic E-state index is 0.154. The Labute approximate surface area is 148 Å². The van der Waals surface area contributed by atoms with Crippen LogP contribution in [0.2, 0.25) is 0 Å². The highest BCUT2D eigenvalue weighted by Crippen LogP contribution is 2.49. The second kappa shape index (κ2) is 7.36. The van der Waals surface area contributed by atoms with Gasteiger partial charge in [-0.05, 0) is 48.8 Å². The molecule has 1 aromatic heterocycles. The number of nitrogens with zero attached hydrogens (tertiary/aromatic N) is 2. The topological polar surface area (TPSA) is 42.4 Å². The summed E-state index contributed by atoms with van der Waals surface area (Å²) in [5, 5.41) is 0. The highest BCUT2D eigenvalue weighted by Gasteiger charge is 2.40. The fourth-order valence-electron chi connectivity index (χ4n) is 3.78. The number of pyridine rings is 1. The fourth-order valence-corrected chi connectivity index (χ4v) is 3.78.